The van der Waals surface area contributed by atoms with Gasteiger partial charge in [-0.15, -0.1) is 0 Å². The van der Waals surface area contributed by atoms with E-state index >= 15 is 0 Å². The van der Waals surface area contributed by atoms with E-state index in [0.717, 1.165) is 5.56 Å². The van der Waals surface area contributed by atoms with E-state index < -0.39 is 17.0 Å². The fourth-order valence-corrected chi connectivity index (χ4v) is 2.21. The average Bonchev–Trinajstić information content (AvgIpc) is 2.61. The van der Waals surface area contributed by atoms with Crippen LogP contribution in [0.2, 0.25) is 0 Å². The summed E-state index contributed by atoms with van der Waals surface area (Å²) < 4.78 is 5.20. The first kappa shape index (κ1) is 18.1. The second-order valence-electron chi connectivity index (χ2n) is 5.42. The molecule has 7 heteroatoms. The summed E-state index contributed by atoms with van der Waals surface area (Å²) in [7, 11) is 0. The van der Waals surface area contributed by atoms with Gasteiger partial charge in [0.05, 0.1) is 11.3 Å². The summed E-state index contributed by atoms with van der Waals surface area (Å²) in [5.41, 5.74) is 1.29. The molecule has 0 spiro atoms. The first-order chi connectivity index (χ1) is 12.0. The molecule has 2 rings (SSSR count). The maximum Gasteiger partial charge on any atom is 0.326 e. The highest BCUT2D eigenvalue weighted by Gasteiger charge is 2.15. The molecule has 0 aromatic heterocycles. The molecule has 0 fully saturated rings. The van der Waals surface area contributed by atoms with Crippen molar-refractivity contribution in [3.8, 4) is 0 Å². The molecule has 2 aromatic carbocycles. The first-order valence-electron chi connectivity index (χ1n) is 7.70. The minimum atomic E-state index is -0.654. The molecule has 0 saturated carbocycles. The molecule has 7 nitrogen and oxygen atoms in total. The fourth-order valence-electron chi connectivity index (χ4n) is 2.21. The number of nitrogens with zero attached hydrogens (tertiary/aromatic N) is 1. The Kier molecular flexibility index (Phi) is 6.22. The van der Waals surface area contributed by atoms with Crippen LogP contribution in [0.1, 0.15) is 24.2 Å². The van der Waals surface area contributed by atoms with Gasteiger partial charge in [0.1, 0.15) is 12.6 Å². The third-order valence-electron chi connectivity index (χ3n) is 3.50. The third-order valence-corrected chi connectivity index (χ3v) is 3.50. The molecule has 2 aromatic rings. The number of ether oxygens (including phenoxy) is 1. The lowest BCUT2D eigenvalue weighted by Crippen LogP contribution is -2.32. The molecule has 0 heterocycles. The predicted molar refractivity (Wildman–Crippen MR) is 90.8 cm³/mol. The van der Waals surface area contributed by atoms with E-state index in [0.29, 0.717) is 5.56 Å². The van der Waals surface area contributed by atoms with Crippen LogP contribution in [0.3, 0.4) is 0 Å². The third kappa shape index (κ3) is 5.72. The number of hydrogen-bond donors (Lipinski definition) is 1. The number of benzene rings is 2. The highest BCUT2D eigenvalue weighted by atomic mass is 16.6. The topological polar surface area (TPSA) is 98.5 Å². The summed E-state index contributed by atoms with van der Waals surface area (Å²) in [4.78, 5) is 33.9. The number of nitro benzene ring substituents is 1. The molecule has 0 aliphatic rings. The Hall–Kier alpha value is -3.22. The molecule has 0 bridgehead atoms. The van der Waals surface area contributed by atoms with Crippen molar-refractivity contribution in [2.45, 2.75) is 19.4 Å². The van der Waals surface area contributed by atoms with Crippen molar-refractivity contribution in [1.29, 1.82) is 0 Å². The van der Waals surface area contributed by atoms with Gasteiger partial charge in [-0.2, -0.15) is 0 Å². The SMILES string of the molecule is C[C@@H](OC(=O)CNC(=O)Cc1ccccc1)c1cccc([N+](=O)[O-])c1. The van der Waals surface area contributed by atoms with Crippen LogP contribution >= 0.6 is 0 Å². The van der Waals surface area contributed by atoms with Crippen molar-refractivity contribution in [2.75, 3.05) is 6.54 Å². The van der Waals surface area contributed by atoms with Gasteiger partial charge < -0.3 is 10.1 Å². The minimum absolute atomic E-state index is 0.0726. The highest BCUT2D eigenvalue weighted by Crippen LogP contribution is 2.21. The van der Waals surface area contributed by atoms with Crippen LogP contribution in [0.15, 0.2) is 54.6 Å². The van der Waals surface area contributed by atoms with E-state index in [9.17, 15) is 19.7 Å². The van der Waals surface area contributed by atoms with Gasteiger partial charge >= 0.3 is 5.97 Å². The van der Waals surface area contributed by atoms with Gasteiger partial charge in [0.2, 0.25) is 5.91 Å². The van der Waals surface area contributed by atoms with Crippen LogP contribution in [0.4, 0.5) is 5.69 Å². The lowest BCUT2D eigenvalue weighted by Gasteiger charge is -2.14. The summed E-state index contributed by atoms with van der Waals surface area (Å²) in [6.07, 6.45) is -0.479. The smallest absolute Gasteiger partial charge is 0.326 e. The monoisotopic (exact) mass is 342 g/mol. The lowest BCUT2D eigenvalue weighted by molar-refractivity contribution is -0.385. The van der Waals surface area contributed by atoms with Crippen molar-refractivity contribution in [3.05, 3.63) is 75.8 Å². The van der Waals surface area contributed by atoms with Crippen molar-refractivity contribution < 1.29 is 19.2 Å². The zero-order chi connectivity index (χ0) is 18.2. The summed E-state index contributed by atoms with van der Waals surface area (Å²) in [6.45, 7) is 1.35. The number of amides is 1. The van der Waals surface area contributed by atoms with Gasteiger partial charge in [-0.3, -0.25) is 19.7 Å². The molecule has 0 aliphatic heterocycles. The van der Waals surface area contributed by atoms with Crippen LogP contribution in [-0.2, 0) is 20.7 Å². The zero-order valence-electron chi connectivity index (χ0n) is 13.7. The normalized spacial score (nSPS) is 11.4. The van der Waals surface area contributed by atoms with E-state index in [1.807, 2.05) is 30.3 Å². The summed E-state index contributed by atoms with van der Waals surface area (Å²) >= 11 is 0. The Morgan fingerprint density at radius 3 is 2.56 bits per heavy atom. The molecule has 1 amide bonds. The zero-order valence-corrected chi connectivity index (χ0v) is 13.7. The standard InChI is InChI=1S/C18H18N2O5/c1-13(15-8-5-9-16(11-15)20(23)24)25-18(22)12-19-17(21)10-14-6-3-2-4-7-14/h2-9,11,13H,10,12H2,1H3,(H,19,21)/t13-/m1/s1. The van der Waals surface area contributed by atoms with E-state index in [-0.39, 0.29) is 24.6 Å². The number of nitrogens with one attached hydrogen (secondary N) is 1. The first-order valence-corrected chi connectivity index (χ1v) is 7.70. The van der Waals surface area contributed by atoms with Crippen LogP contribution in [0.25, 0.3) is 0 Å². The average molecular weight is 342 g/mol. The largest absolute Gasteiger partial charge is 0.456 e. The van der Waals surface area contributed by atoms with Crippen LogP contribution in [0, 0.1) is 10.1 Å². The van der Waals surface area contributed by atoms with E-state index in [1.165, 1.54) is 18.2 Å². The van der Waals surface area contributed by atoms with Crippen molar-refractivity contribution >= 4 is 17.6 Å². The van der Waals surface area contributed by atoms with Crippen LogP contribution in [-0.4, -0.2) is 23.3 Å². The molecule has 0 aliphatic carbocycles. The Morgan fingerprint density at radius 2 is 1.88 bits per heavy atom. The molecule has 0 radical (unpaired) electrons. The van der Waals surface area contributed by atoms with Crippen molar-refractivity contribution in [3.63, 3.8) is 0 Å². The maximum atomic E-state index is 11.8. The van der Waals surface area contributed by atoms with E-state index in [1.54, 1.807) is 13.0 Å². The van der Waals surface area contributed by atoms with Crippen LogP contribution in [0.5, 0.6) is 0 Å². The van der Waals surface area contributed by atoms with E-state index in [2.05, 4.69) is 5.32 Å². The van der Waals surface area contributed by atoms with Gasteiger partial charge in [-0.05, 0) is 18.1 Å². The minimum Gasteiger partial charge on any atom is -0.456 e. The quantitative estimate of drug-likeness (QED) is 0.474. The van der Waals surface area contributed by atoms with Crippen LogP contribution < -0.4 is 5.32 Å². The summed E-state index contributed by atoms with van der Waals surface area (Å²) in [6, 6.07) is 15.0. The van der Waals surface area contributed by atoms with Gasteiger partial charge in [0, 0.05) is 12.1 Å². The molecular weight excluding hydrogens is 324 g/mol. The van der Waals surface area contributed by atoms with Gasteiger partial charge in [-0.1, -0.05) is 42.5 Å². The second kappa shape index (κ2) is 8.58. The summed E-state index contributed by atoms with van der Waals surface area (Å²) in [5.74, 6) is -0.897. The Bertz CT molecular complexity index is 761. The fraction of sp³-hybridized carbons (Fsp3) is 0.222. The van der Waals surface area contributed by atoms with Gasteiger partial charge in [0.15, 0.2) is 0 Å². The number of carbonyl (C=O) groups is 2. The number of carbonyl (C=O) groups excluding carboxylic acids is 2. The molecule has 0 saturated heterocycles. The lowest BCUT2D eigenvalue weighted by atomic mass is 10.1. The number of esters is 1. The number of non-ortho nitro benzene ring substituents is 1. The number of nitro groups is 1. The Labute approximate surface area is 144 Å². The molecule has 1 N–H and O–H groups in total. The molecule has 1 atom stereocenters. The highest BCUT2D eigenvalue weighted by molar-refractivity contribution is 5.83. The van der Waals surface area contributed by atoms with Crippen molar-refractivity contribution in [1.82, 2.24) is 5.32 Å². The van der Waals surface area contributed by atoms with E-state index in [4.69, 9.17) is 4.74 Å². The molecule has 25 heavy (non-hydrogen) atoms. The van der Waals surface area contributed by atoms with Crippen molar-refractivity contribution in [2.24, 2.45) is 0 Å². The number of rotatable bonds is 7. The Balaban J connectivity index is 1.82. The molecular formula is C18H18N2O5. The molecule has 130 valence electrons. The van der Waals surface area contributed by atoms with Gasteiger partial charge in [0.25, 0.3) is 5.69 Å². The molecule has 0 unspecified atom stereocenters. The maximum absolute atomic E-state index is 11.8. The second-order valence-corrected chi connectivity index (χ2v) is 5.42. The summed E-state index contributed by atoms with van der Waals surface area (Å²) in [5, 5.41) is 13.3. The predicted octanol–water partition coefficient (Wildman–Crippen LogP) is 2.56. The van der Waals surface area contributed by atoms with Gasteiger partial charge in [-0.25, -0.2) is 0 Å². The Morgan fingerprint density at radius 1 is 1.16 bits per heavy atom. The number of hydrogen-bond acceptors (Lipinski definition) is 5.